The van der Waals surface area contributed by atoms with E-state index in [0.29, 0.717) is 23.5 Å². The maximum atomic E-state index is 9.62. The van der Waals surface area contributed by atoms with Crippen LogP contribution >= 0.6 is 0 Å². The Morgan fingerprint density at radius 3 is 2.50 bits per heavy atom. The van der Waals surface area contributed by atoms with Crippen molar-refractivity contribution >= 4 is 16.9 Å². The number of aromatic nitrogens is 3. The summed E-state index contributed by atoms with van der Waals surface area (Å²) in [6.07, 6.45) is 6.78. The summed E-state index contributed by atoms with van der Waals surface area (Å²) in [5.41, 5.74) is 7.04. The zero-order chi connectivity index (χ0) is 24.8. The minimum absolute atomic E-state index is 0.562. The van der Waals surface area contributed by atoms with Crippen LogP contribution in [0.1, 0.15) is 17.5 Å². The predicted octanol–water partition coefficient (Wildman–Crippen LogP) is 3.81. The molecule has 2 unspecified atom stereocenters. The zero-order valence-corrected chi connectivity index (χ0v) is 20.8. The molecule has 0 radical (unpaired) electrons. The Balaban J connectivity index is 1.20. The molecule has 36 heavy (non-hydrogen) atoms. The van der Waals surface area contributed by atoms with Gasteiger partial charge in [-0.25, -0.2) is 9.50 Å². The van der Waals surface area contributed by atoms with Crippen molar-refractivity contribution in [3.05, 3.63) is 72.2 Å². The van der Waals surface area contributed by atoms with Gasteiger partial charge in [-0.2, -0.15) is 10.4 Å². The fourth-order valence-electron chi connectivity index (χ4n) is 5.50. The maximum absolute atomic E-state index is 9.62. The fraction of sp³-hybridized carbons (Fsp3) is 0.321. The van der Waals surface area contributed by atoms with Crippen LogP contribution in [-0.2, 0) is 6.54 Å². The molecule has 0 aliphatic carbocycles. The van der Waals surface area contributed by atoms with Gasteiger partial charge in [0.05, 0.1) is 36.3 Å². The van der Waals surface area contributed by atoms with Gasteiger partial charge in [0.2, 0.25) is 5.88 Å². The molecule has 2 atom stereocenters. The number of piperazine rings is 1. The molecule has 3 aliphatic rings. The highest BCUT2D eigenvalue weighted by molar-refractivity contribution is 5.87. The van der Waals surface area contributed by atoms with Crippen molar-refractivity contribution in [3.8, 4) is 23.1 Å². The predicted molar refractivity (Wildman–Crippen MR) is 140 cm³/mol. The van der Waals surface area contributed by atoms with E-state index >= 15 is 0 Å². The Kier molecular flexibility index (Phi) is 5.50. The molecule has 3 saturated heterocycles. The molecule has 3 aromatic heterocycles. The Hall–Kier alpha value is -4.09. The monoisotopic (exact) mass is 479 g/mol. The largest absolute Gasteiger partial charge is 0.481 e. The van der Waals surface area contributed by atoms with Crippen LogP contribution in [0.3, 0.4) is 0 Å². The highest BCUT2D eigenvalue weighted by Crippen LogP contribution is 2.37. The van der Waals surface area contributed by atoms with Crippen LogP contribution in [0.4, 0.5) is 11.4 Å². The number of fused-ring (bicyclic) bond motifs is 3. The highest BCUT2D eigenvalue weighted by atomic mass is 16.5. The summed E-state index contributed by atoms with van der Waals surface area (Å²) in [5, 5.41) is 14.0. The van der Waals surface area contributed by atoms with E-state index in [9.17, 15) is 5.26 Å². The first-order chi connectivity index (χ1) is 17.5. The molecular formula is C28H29N7O. The summed E-state index contributed by atoms with van der Waals surface area (Å²) >= 11 is 0. The Morgan fingerprint density at radius 2 is 1.86 bits per heavy atom. The van der Waals surface area contributed by atoms with Crippen molar-refractivity contribution in [2.75, 3.05) is 44.1 Å². The molecule has 0 N–H and O–H groups in total. The number of benzene rings is 1. The van der Waals surface area contributed by atoms with Crippen molar-refractivity contribution < 1.29 is 4.74 Å². The first kappa shape index (κ1) is 22.4. The summed E-state index contributed by atoms with van der Waals surface area (Å²) in [7, 11) is 5.67. The van der Waals surface area contributed by atoms with Crippen molar-refractivity contribution in [2.45, 2.75) is 25.0 Å². The van der Waals surface area contributed by atoms with E-state index in [0.717, 1.165) is 42.0 Å². The average Bonchev–Trinajstić information content (AvgIpc) is 3.35. The van der Waals surface area contributed by atoms with Crippen LogP contribution in [0.5, 0.6) is 5.88 Å². The van der Waals surface area contributed by atoms with E-state index in [1.54, 1.807) is 13.3 Å². The first-order valence-corrected chi connectivity index (χ1v) is 12.2. The van der Waals surface area contributed by atoms with Gasteiger partial charge < -0.3 is 14.5 Å². The maximum Gasteiger partial charge on any atom is 0.212 e. The van der Waals surface area contributed by atoms with Crippen molar-refractivity contribution in [2.24, 2.45) is 0 Å². The molecule has 8 heteroatoms. The van der Waals surface area contributed by atoms with E-state index in [2.05, 4.69) is 67.2 Å². The lowest BCUT2D eigenvalue weighted by atomic mass is 9.86. The van der Waals surface area contributed by atoms with Crippen LogP contribution in [0.15, 0.2) is 61.1 Å². The lowest BCUT2D eigenvalue weighted by Crippen LogP contribution is -2.68. The molecule has 3 aliphatic heterocycles. The van der Waals surface area contributed by atoms with Gasteiger partial charge in [-0.1, -0.05) is 18.2 Å². The second kappa shape index (κ2) is 8.85. The van der Waals surface area contributed by atoms with Gasteiger partial charge in [0.25, 0.3) is 0 Å². The van der Waals surface area contributed by atoms with Gasteiger partial charge in [-0.05, 0) is 35.7 Å². The molecular weight excluding hydrogens is 450 g/mol. The molecule has 1 aromatic carbocycles. The van der Waals surface area contributed by atoms with Gasteiger partial charge in [-0.3, -0.25) is 4.90 Å². The van der Waals surface area contributed by atoms with Crippen molar-refractivity contribution in [1.29, 1.82) is 5.26 Å². The van der Waals surface area contributed by atoms with Crippen LogP contribution in [0.2, 0.25) is 0 Å². The number of rotatable bonds is 6. The van der Waals surface area contributed by atoms with Gasteiger partial charge in [0, 0.05) is 69.3 Å². The summed E-state index contributed by atoms with van der Waals surface area (Å²) in [6, 6.07) is 18.3. The van der Waals surface area contributed by atoms with E-state index in [4.69, 9.17) is 4.74 Å². The van der Waals surface area contributed by atoms with Crippen LogP contribution in [-0.4, -0.2) is 65.9 Å². The number of pyridine rings is 2. The summed E-state index contributed by atoms with van der Waals surface area (Å²) in [6.45, 7) is 2.99. The second-order valence-corrected chi connectivity index (χ2v) is 9.85. The van der Waals surface area contributed by atoms with Crippen molar-refractivity contribution in [1.82, 2.24) is 19.5 Å². The van der Waals surface area contributed by atoms with E-state index in [1.807, 2.05) is 37.1 Å². The third-order valence-electron chi connectivity index (χ3n) is 7.49. The minimum Gasteiger partial charge on any atom is -0.481 e. The molecule has 182 valence electrons. The topological polar surface area (TPSA) is 72.9 Å². The number of anilines is 2. The molecule has 8 nitrogen and oxygen atoms in total. The standard InChI is InChI=1S/C28H29N7O/c1-32(2)23-11-26(28-21(12-29)14-31-35(28)18-23)20-5-7-22(8-6-20)33-16-24-10-25(17-33)34(24)15-19-4-9-27(36-3)30-13-19/h4-9,11,13-14,18,24-25H,10,15-17H2,1-3H3. The third kappa shape index (κ3) is 3.82. The molecule has 0 amide bonds. The summed E-state index contributed by atoms with van der Waals surface area (Å²) in [5.74, 6) is 0.656. The quantitative estimate of drug-likeness (QED) is 0.416. The molecule has 4 aromatic rings. The molecule has 2 bridgehead atoms. The Labute approximate surface area is 210 Å². The van der Waals surface area contributed by atoms with Gasteiger partial charge >= 0.3 is 0 Å². The summed E-state index contributed by atoms with van der Waals surface area (Å²) < 4.78 is 6.99. The SMILES string of the molecule is COc1ccc(CN2C3CC2CN(c2ccc(-c4cc(N(C)C)cn5ncc(C#N)c45)cc2)C3)cn1. The number of piperidine rings is 1. The van der Waals surface area contributed by atoms with E-state index in [1.165, 1.54) is 17.7 Å². The lowest BCUT2D eigenvalue weighted by Gasteiger charge is -2.57. The first-order valence-electron chi connectivity index (χ1n) is 12.2. The van der Waals surface area contributed by atoms with Crippen LogP contribution in [0, 0.1) is 11.3 Å². The fourth-order valence-corrected chi connectivity index (χ4v) is 5.50. The number of ether oxygens (including phenoxy) is 1. The number of nitrogens with zero attached hydrogens (tertiary/aromatic N) is 7. The molecule has 7 rings (SSSR count). The molecule has 6 heterocycles. The molecule has 0 spiro atoms. The minimum atomic E-state index is 0.562. The van der Waals surface area contributed by atoms with Gasteiger partial charge in [0.15, 0.2) is 0 Å². The van der Waals surface area contributed by atoms with Gasteiger partial charge in [0.1, 0.15) is 6.07 Å². The van der Waals surface area contributed by atoms with Gasteiger partial charge in [-0.15, -0.1) is 0 Å². The summed E-state index contributed by atoms with van der Waals surface area (Å²) in [4.78, 5) is 11.5. The van der Waals surface area contributed by atoms with Crippen LogP contribution < -0.4 is 14.5 Å². The molecule has 3 fully saturated rings. The number of hydrogen-bond donors (Lipinski definition) is 0. The van der Waals surface area contributed by atoms with E-state index < -0.39 is 0 Å². The number of nitriles is 1. The van der Waals surface area contributed by atoms with E-state index in [-0.39, 0.29) is 0 Å². The number of hydrogen-bond acceptors (Lipinski definition) is 7. The third-order valence-corrected chi connectivity index (χ3v) is 7.49. The zero-order valence-electron chi connectivity index (χ0n) is 20.8. The van der Waals surface area contributed by atoms with Crippen LogP contribution in [0.25, 0.3) is 16.6 Å². The number of methoxy groups -OCH3 is 1. The smallest absolute Gasteiger partial charge is 0.212 e. The molecule has 0 saturated carbocycles. The Bertz CT molecular complexity index is 1420. The van der Waals surface area contributed by atoms with Crippen molar-refractivity contribution in [3.63, 3.8) is 0 Å². The lowest BCUT2D eigenvalue weighted by molar-refractivity contribution is -0.00851. The average molecular weight is 480 g/mol. The normalized spacial score (nSPS) is 19.1. The second-order valence-electron chi connectivity index (χ2n) is 9.85. The highest BCUT2D eigenvalue weighted by Gasteiger charge is 2.44. The Morgan fingerprint density at radius 1 is 1.08 bits per heavy atom.